The fourth-order valence-electron chi connectivity index (χ4n) is 1.76. The van der Waals surface area contributed by atoms with Crippen molar-refractivity contribution in [2.75, 3.05) is 0 Å². The Morgan fingerprint density at radius 1 is 1.37 bits per heavy atom. The molecule has 0 aliphatic carbocycles. The van der Waals surface area contributed by atoms with Crippen molar-refractivity contribution >= 4 is 17.5 Å². The Bertz CT molecular complexity index is 602. The molecule has 98 valence electrons. The van der Waals surface area contributed by atoms with Gasteiger partial charge in [0, 0.05) is 11.2 Å². The lowest BCUT2D eigenvalue weighted by atomic mass is 10.1. The Morgan fingerprint density at radius 2 is 2.11 bits per heavy atom. The molecule has 1 aromatic heterocycles. The van der Waals surface area contributed by atoms with Gasteiger partial charge in [0.1, 0.15) is 5.75 Å². The van der Waals surface area contributed by atoms with Crippen molar-refractivity contribution in [3.05, 3.63) is 58.9 Å². The molecule has 0 spiro atoms. The van der Waals surface area contributed by atoms with E-state index < -0.39 is 0 Å². The Hall–Kier alpha value is -2.07. The Balaban J connectivity index is 2.16. The van der Waals surface area contributed by atoms with Gasteiger partial charge in [0.15, 0.2) is 0 Å². The highest BCUT2D eigenvalue weighted by molar-refractivity contribution is 6.31. The van der Waals surface area contributed by atoms with Crippen LogP contribution < -0.4 is 5.32 Å². The molecule has 5 heteroatoms. The van der Waals surface area contributed by atoms with Gasteiger partial charge in [0.05, 0.1) is 17.8 Å². The van der Waals surface area contributed by atoms with Gasteiger partial charge < -0.3 is 10.4 Å². The van der Waals surface area contributed by atoms with Gasteiger partial charge in [0.2, 0.25) is 0 Å². The van der Waals surface area contributed by atoms with E-state index in [1.54, 1.807) is 6.07 Å². The maximum absolute atomic E-state index is 12.0. The number of aromatic hydroxyl groups is 1. The Morgan fingerprint density at radius 3 is 2.79 bits per heavy atom. The lowest BCUT2D eigenvalue weighted by molar-refractivity contribution is 0.0937. The van der Waals surface area contributed by atoms with E-state index in [1.165, 1.54) is 18.5 Å². The van der Waals surface area contributed by atoms with Gasteiger partial charge in [-0.25, -0.2) is 0 Å². The predicted molar refractivity (Wildman–Crippen MR) is 73.2 cm³/mol. The SMILES string of the molecule is CC(NC(=O)c1ccncc1O)c1ccccc1Cl. The van der Waals surface area contributed by atoms with Gasteiger partial charge in [-0.15, -0.1) is 0 Å². The number of rotatable bonds is 3. The zero-order valence-electron chi connectivity index (χ0n) is 10.3. The number of hydrogen-bond donors (Lipinski definition) is 2. The quantitative estimate of drug-likeness (QED) is 0.906. The molecule has 0 aliphatic heterocycles. The van der Waals surface area contributed by atoms with Gasteiger partial charge in [0.25, 0.3) is 5.91 Å². The van der Waals surface area contributed by atoms with Crippen LogP contribution in [0.5, 0.6) is 5.75 Å². The number of halogens is 1. The summed E-state index contributed by atoms with van der Waals surface area (Å²) in [5.74, 6) is -0.515. The summed E-state index contributed by atoms with van der Waals surface area (Å²) >= 11 is 6.07. The lowest BCUT2D eigenvalue weighted by Gasteiger charge is -2.16. The first-order chi connectivity index (χ1) is 9.09. The smallest absolute Gasteiger partial charge is 0.255 e. The highest BCUT2D eigenvalue weighted by atomic mass is 35.5. The van der Waals surface area contributed by atoms with E-state index in [-0.39, 0.29) is 23.3 Å². The number of amides is 1. The molecule has 2 N–H and O–H groups in total. The summed E-state index contributed by atoms with van der Waals surface area (Å²) in [4.78, 5) is 15.7. The topological polar surface area (TPSA) is 62.2 Å². The molecule has 19 heavy (non-hydrogen) atoms. The first kappa shape index (κ1) is 13.4. The fourth-order valence-corrected chi connectivity index (χ4v) is 2.06. The molecule has 0 saturated heterocycles. The van der Waals surface area contributed by atoms with Crippen molar-refractivity contribution in [3.8, 4) is 5.75 Å². The van der Waals surface area contributed by atoms with Crippen molar-refractivity contribution in [1.29, 1.82) is 0 Å². The van der Waals surface area contributed by atoms with Gasteiger partial charge >= 0.3 is 0 Å². The summed E-state index contributed by atoms with van der Waals surface area (Å²) in [6.07, 6.45) is 2.68. The van der Waals surface area contributed by atoms with Crippen LogP contribution in [0.2, 0.25) is 5.02 Å². The first-order valence-corrected chi connectivity index (χ1v) is 6.15. The molecule has 0 bridgehead atoms. The largest absolute Gasteiger partial charge is 0.505 e. The predicted octanol–water partition coefficient (Wildman–Crippen LogP) is 2.93. The molecule has 0 radical (unpaired) electrons. The third-order valence-electron chi connectivity index (χ3n) is 2.76. The van der Waals surface area contributed by atoms with Crippen LogP contribution in [0.25, 0.3) is 0 Å². The average molecular weight is 277 g/mol. The third kappa shape index (κ3) is 3.03. The van der Waals surface area contributed by atoms with E-state index in [2.05, 4.69) is 10.3 Å². The Labute approximate surface area is 116 Å². The number of hydrogen-bond acceptors (Lipinski definition) is 3. The summed E-state index contributed by atoms with van der Waals surface area (Å²) in [5.41, 5.74) is 1.01. The van der Waals surface area contributed by atoms with Crippen LogP contribution in [0.15, 0.2) is 42.7 Å². The number of carbonyl (C=O) groups excluding carboxylic acids is 1. The monoisotopic (exact) mass is 276 g/mol. The zero-order chi connectivity index (χ0) is 13.8. The molecule has 1 amide bonds. The maximum atomic E-state index is 12.0. The highest BCUT2D eigenvalue weighted by Gasteiger charge is 2.15. The normalized spacial score (nSPS) is 11.9. The van der Waals surface area contributed by atoms with E-state index in [9.17, 15) is 9.90 Å². The molecule has 2 rings (SSSR count). The minimum Gasteiger partial charge on any atom is -0.505 e. The molecule has 0 aliphatic rings. The second-order valence-electron chi connectivity index (χ2n) is 4.11. The standard InChI is InChI=1S/C14H13ClN2O2/c1-9(10-4-2-3-5-12(10)15)17-14(19)11-6-7-16-8-13(11)18/h2-9,18H,1H3,(H,17,19). The van der Waals surface area contributed by atoms with Crippen LogP contribution in [-0.4, -0.2) is 16.0 Å². The molecule has 4 nitrogen and oxygen atoms in total. The van der Waals surface area contributed by atoms with E-state index in [0.29, 0.717) is 5.02 Å². The van der Waals surface area contributed by atoms with Crippen LogP contribution in [0.1, 0.15) is 28.9 Å². The van der Waals surface area contributed by atoms with E-state index in [0.717, 1.165) is 5.56 Å². The average Bonchev–Trinajstić information content (AvgIpc) is 2.39. The number of pyridine rings is 1. The maximum Gasteiger partial charge on any atom is 0.255 e. The molecule has 1 aromatic carbocycles. The van der Waals surface area contributed by atoms with Crippen molar-refractivity contribution in [3.63, 3.8) is 0 Å². The van der Waals surface area contributed by atoms with E-state index in [4.69, 9.17) is 11.6 Å². The van der Waals surface area contributed by atoms with Gasteiger partial charge in [-0.3, -0.25) is 9.78 Å². The number of benzene rings is 1. The number of nitrogens with one attached hydrogen (secondary N) is 1. The lowest BCUT2D eigenvalue weighted by Crippen LogP contribution is -2.26. The number of carbonyl (C=O) groups is 1. The van der Waals surface area contributed by atoms with Crippen LogP contribution in [0, 0.1) is 0 Å². The number of aromatic nitrogens is 1. The summed E-state index contributed by atoms with van der Waals surface area (Å²) in [6, 6.07) is 8.50. The summed E-state index contributed by atoms with van der Waals surface area (Å²) < 4.78 is 0. The van der Waals surface area contributed by atoms with Gasteiger partial charge in [-0.2, -0.15) is 0 Å². The van der Waals surface area contributed by atoms with Gasteiger partial charge in [-0.05, 0) is 24.6 Å². The first-order valence-electron chi connectivity index (χ1n) is 5.78. The van der Waals surface area contributed by atoms with Crippen molar-refractivity contribution in [1.82, 2.24) is 10.3 Å². The van der Waals surface area contributed by atoms with Crippen LogP contribution in [0.4, 0.5) is 0 Å². The summed E-state index contributed by atoms with van der Waals surface area (Å²) in [6.45, 7) is 1.83. The minimum absolute atomic E-state index is 0.147. The molecule has 2 aromatic rings. The zero-order valence-corrected chi connectivity index (χ0v) is 11.1. The van der Waals surface area contributed by atoms with Crippen molar-refractivity contribution < 1.29 is 9.90 Å². The third-order valence-corrected chi connectivity index (χ3v) is 3.11. The van der Waals surface area contributed by atoms with Crippen LogP contribution >= 0.6 is 11.6 Å². The minimum atomic E-state index is -0.368. The van der Waals surface area contributed by atoms with E-state index >= 15 is 0 Å². The van der Waals surface area contributed by atoms with Crippen LogP contribution in [-0.2, 0) is 0 Å². The fraction of sp³-hybridized carbons (Fsp3) is 0.143. The van der Waals surface area contributed by atoms with Gasteiger partial charge in [-0.1, -0.05) is 29.8 Å². The molecule has 1 unspecified atom stereocenters. The Kier molecular flexibility index (Phi) is 4.02. The molecule has 0 saturated carbocycles. The van der Waals surface area contributed by atoms with E-state index in [1.807, 2.05) is 25.1 Å². The molecular formula is C14H13ClN2O2. The summed E-state index contributed by atoms with van der Waals surface area (Å²) in [5, 5.41) is 12.9. The number of nitrogens with zero attached hydrogens (tertiary/aromatic N) is 1. The second kappa shape index (κ2) is 5.71. The molecule has 0 fully saturated rings. The van der Waals surface area contributed by atoms with Crippen LogP contribution in [0.3, 0.4) is 0 Å². The molecular weight excluding hydrogens is 264 g/mol. The molecule has 1 heterocycles. The summed E-state index contributed by atoms with van der Waals surface area (Å²) in [7, 11) is 0. The second-order valence-corrected chi connectivity index (χ2v) is 4.52. The van der Waals surface area contributed by atoms with Crippen molar-refractivity contribution in [2.45, 2.75) is 13.0 Å². The highest BCUT2D eigenvalue weighted by Crippen LogP contribution is 2.23. The van der Waals surface area contributed by atoms with Crippen molar-refractivity contribution in [2.24, 2.45) is 0 Å². The molecule has 1 atom stereocenters.